The van der Waals surface area contributed by atoms with Gasteiger partial charge >= 0.3 is 0 Å². The molecule has 3 aromatic heterocycles. The van der Waals surface area contributed by atoms with Crippen molar-refractivity contribution in [3.05, 3.63) is 264 Å². The van der Waals surface area contributed by atoms with Crippen molar-refractivity contribution in [2.45, 2.75) is 31.5 Å². The molecule has 1 unspecified atom stereocenters. The third-order valence-electron chi connectivity index (χ3n) is 12.9. The largest absolute Gasteiger partial charge is 0.267 e. The van der Waals surface area contributed by atoms with E-state index in [4.69, 9.17) is 10.1 Å². The van der Waals surface area contributed by atoms with Crippen LogP contribution < -0.4 is 0 Å². The summed E-state index contributed by atoms with van der Waals surface area (Å²) in [6.45, 7) is 0. The molecular formula is C64H44F4N5+. The van der Waals surface area contributed by atoms with Crippen molar-refractivity contribution in [3.63, 3.8) is 0 Å². The van der Waals surface area contributed by atoms with Gasteiger partial charge in [0.25, 0.3) is 5.69 Å². The second-order valence-corrected chi connectivity index (χ2v) is 17.5. The molecule has 0 saturated heterocycles. The molecule has 0 bridgehead atoms. The average molecular weight is 967 g/mol. The van der Waals surface area contributed by atoms with E-state index >= 15 is 0 Å². The highest BCUT2D eigenvalue weighted by Gasteiger charge is 2.42. The van der Waals surface area contributed by atoms with Crippen molar-refractivity contribution >= 4 is 5.69 Å². The minimum atomic E-state index is -3.03. The summed E-state index contributed by atoms with van der Waals surface area (Å²) in [6, 6.07) is 47.9. The Morgan fingerprint density at radius 3 is 1.58 bits per heavy atom. The minimum Gasteiger partial charge on any atom is -0.256 e. The van der Waals surface area contributed by atoms with Gasteiger partial charge in [-0.15, -0.1) is 0 Å². The van der Waals surface area contributed by atoms with Crippen LogP contribution in [-0.4, -0.2) is 19.6 Å². The van der Waals surface area contributed by atoms with Crippen LogP contribution in [0.25, 0.3) is 78.3 Å². The maximum Gasteiger partial charge on any atom is 0.267 e. The number of halogens is 4. The summed E-state index contributed by atoms with van der Waals surface area (Å²) in [5, 5.41) is 4.88. The molecule has 0 fully saturated rings. The van der Waals surface area contributed by atoms with Crippen LogP contribution in [0.15, 0.2) is 218 Å². The molecule has 73 heavy (non-hydrogen) atoms. The fraction of sp³-hybridized carbons (Fsp3) is 0.0781. The van der Waals surface area contributed by atoms with Crippen molar-refractivity contribution in [3.8, 4) is 78.3 Å². The molecule has 0 aliphatic carbocycles. The van der Waals surface area contributed by atoms with Gasteiger partial charge in [-0.3, -0.25) is 9.97 Å². The Bertz CT molecular complexity index is 4040. The molecule has 0 radical (unpaired) electrons. The SMILES string of the molecule is [2H]C([2H])(c1ccc(-c2ccc(F)cc2F)nc1)C([2H])([2H])c1cc(-c2ccccc2-c2cnc3c(c2-c2ccc(-c4ccccc4)cc2)[N+]2=NC=CC2c2ccccc2-3)cc(C([2H])([2H])C([2H])([2H])c2ccc(-c3ccc(F)cc3F)nc2)c1. The first-order chi connectivity index (χ1) is 38.8. The highest BCUT2D eigenvalue weighted by atomic mass is 19.1. The van der Waals surface area contributed by atoms with E-state index in [-0.39, 0.29) is 56.4 Å². The minimum absolute atomic E-state index is 0.0341. The molecule has 0 N–H and O–H groups in total. The molecule has 9 heteroatoms. The second-order valence-electron chi connectivity index (χ2n) is 17.5. The molecule has 0 saturated carbocycles. The lowest BCUT2D eigenvalue weighted by atomic mass is 9.84. The number of hydrogen-bond acceptors (Lipinski definition) is 4. The summed E-state index contributed by atoms with van der Waals surface area (Å²) in [5.74, 6) is -3.42. The topological polar surface area (TPSA) is 54.0 Å². The normalized spacial score (nSPS) is 15.7. The number of aryl methyl sites for hydroxylation is 4. The molecule has 7 aromatic carbocycles. The summed E-state index contributed by atoms with van der Waals surface area (Å²) < 4.78 is 136. The van der Waals surface area contributed by atoms with E-state index in [9.17, 15) is 28.5 Å². The van der Waals surface area contributed by atoms with Crippen LogP contribution in [-0.2, 0) is 25.5 Å². The molecule has 12 rings (SSSR count). The molecule has 352 valence electrons. The number of azo groups is 2. The van der Waals surface area contributed by atoms with Gasteiger partial charge in [0.15, 0.2) is 0 Å². The summed E-state index contributed by atoms with van der Waals surface area (Å²) >= 11 is 0. The maximum atomic E-state index is 14.9. The zero-order valence-corrected chi connectivity index (χ0v) is 38.5. The van der Waals surface area contributed by atoms with Gasteiger partial charge in [0, 0.05) is 75.6 Å². The molecular weight excluding hydrogens is 915 g/mol. The zero-order chi connectivity index (χ0) is 56.6. The molecule has 0 spiro atoms. The number of rotatable bonds is 12. The van der Waals surface area contributed by atoms with Crippen LogP contribution in [0.1, 0.15) is 44.8 Å². The summed E-state index contributed by atoms with van der Waals surface area (Å²) in [4.78, 5) is 13.7. The number of fused-ring (bicyclic) bond motifs is 6. The lowest BCUT2D eigenvalue weighted by Crippen LogP contribution is -2.17. The van der Waals surface area contributed by atoms with Crippen molar-refractivity contribution in [1.29, 1.82) is 0 Å². The monoisotopic (exact) mass is 966 g/mol. The fourth-order valence-electron chi connectivity index (χ4n) is 9.46. The highest BCUT2D eigenvalue weighted by molar-refractivity contribution is 5.99. The third-order valence-corrected chi connectivity index (χ3v) is 12.9. The lowest BCUT2D eigenvalue weighted by molar-refractivity contribution is -0.536. The highest BCUT2D eigenvalue weighted by Crippen LogP contribution is 2.53. The Labute approximate surface area is 431 Å². The van der Waals surface area contributed by atoms with Crippen LogP contribution in [0.4, 0.5) is 23.2 Å². The van der Waals surface area contributed by atoms with Gasteiger partial charge in [-0.25, -0.2) is 22.5 Å². The van der Waals surface area contributed by atoms with Crippen molar-refractivity contribution in [2.24, 2.45) is 5.11 Å². The Morgan fingerprint density at radius 2 is 0.973 bits per heavy atom. The van der Waals surface area contributed by atoms with Crippen LogP contribution in [0.2, 0.25) is 0 Å². The molecule has 5 heterocycles. The first-order valence-electron chi connectivity index (χ1n) is 27.4. The number of aromatic nitrogens is 3. The van der Waals surface area contributed by atoms with Crippen LogP contribution in [0, 0.1) is 23.3 Å². The molecule has 5 nitrogen and oxygen atoms in total. The molecule has 1 atom stereocenters. The van der Waals surface area contributed by atoms with E-state index in [1.165, 1.54) is 48.5 Å². The third kappa shape index (κ3) is 8.95. The van der Waals surface area contributed by atoms with E-state index in [0.29, 0.717) is 34.5 Å². The standard InChI is InChI=1S/C64H44F4N5/c65-48-24-26-54(57(67)35-48)59-28-18-40(37-69-59)14-16-42-32-43(17-15-41-19-29-60(70-38-41)55-27-25-49(66)36-58(55)68)34-47(33-42)50-10-4-5-11-51(50)56-39-71-63-53-13-7-6-12-52(53)61-30-31-72-73(61)64(63)62(56)46-22-20-45(21-23-46)44-8-2-1-3-9-44/h1-13,18-39,61H,14-17H2/q+1/i14D2,15D2,16D2,17D2. The lowest BCUT2D eigenvalue weighted by Gasteiger charge is -2.23. The maximum absolute atomic E-state index is 14.9. The van der Waals surface area contributed by atoms with Gasteiger partial charge in [-0.1, -0.05) is 138 Å². The van der Waals surface area contributed by atoms with Crippen molar-refractivity contribution < 1.29 is 33.2 Å². The van der Waals surface area contributed by atoms with Gasteiger partial charge in [0.2, 0.25) is 6.04 Å². The van der Waals surface area contributed by atoms with Crippen LogP contribution in [0.3, 0.4) is 0 Å². The van der Waals surface area contributed by atoms with Gasteiger partial charge < -0.3 is 0 Å². The predicted molar refractivity (Wildman–Crippen MR) is 280 cm³/mol. The number of pyridine rings is 3. The molecule has 2 aliphatic rings. The fourth-order valence-corrected chi connectivity index (χ4v) is 9.46. The Morgan fingerprint density at radius 1 is 0.425 bits per heavy atom. The number of nitrogens with zero attached hydrogens (tertiary/aromatic N) is 5. The van der Waals surface area contributed by atoms with Crippen LogP contribution in [0.5, 0.6) is 0 Å². The Kier molecular flexibility index (Phi) is 9.78. The zero-order valence-electron chi connectivity index (χ0n) is 46.5. The first-order valence-corrected chi connectivity index (χ1v) is 23.4. The van der Waals surface area contributed by atoms with E-state index in [0.717, 1.165) is 69.7 Å². The first kappa shape index (κ1) is 36.9. The van der Waals surface area contributed by atoms with E-state index in [1.807, 2.05) is 102 Å². The van der Waals surface area contributed by atoms with Crippen molar-refractivity contribution in [1.82, 2.24) is 15.0 Å². The van der Waals surface area contributed by atoms with Gasteiger partial charge in [0.1, 0.15) is 29.0 Å². The quantitative estimate of drug-likeness (QED) is 0.0905. The molecule has 10 aromatic rings. The Balaban J connectivity index is 1.04. The van der Waals surface area contributed by atoms with Crippen LogP contribution >= 0.6 is 0 Å². The van der Waals surface area contributed by atoms with E-state index < -0.39 is 48.8 Å². The molecule has 2 aliphatic heterocycles. The smallest absolute Gasteiger partial charge is 0.256 e. The Hall–Kier alpha value is -8.95. The number of benzene rings is 7. The van der Waals surface area contributed by atoms with Gasteiger partial charge in [0.05, 0.1) is 23.2 Å². The second kappa shape index (κ2) is 19.3. The van der Waals surface area contributed by atoms with E-state index in [2.05, 4.69) is 9.97 Å². The predicted octanol–water partition coefficient (Wildman–Crippen LogP) is 16.3. The average Bonchev–Trinajstić information content (AvgIpc) is 4.05. The van der Waals surface area contributed by atoms with Crippen molar-refractivity contribution in [2.75, 3.05) is 0 Å². The molecule has 0 amide bonds. The summed E-state index contributed by atoms with van der Waals surface area (Å²) in [6.07, 6.45) is -4.30. The van der Waals surface area contributed by atoms with E-state index in [1.54, 1.807) is 24.5 Å². The van der Waals surface area contributed by atoms with Gasteiger partial charge in [-0.05, 0) is 123 Å². The summed E-state index contributed by atoms with van der Waals surface area (Å²) in [7, 11) is 0. The van der Waals surface area contributed by atoms with Gasteiger partial charge in [-0.2, -0.15) is 0 Å². The summed E-state index contributed by atoms with van der Waals surface area (Å²) in [5.41, 5.74) is 7.37. The number of hydrogen-bond donors (Lipinski definition) is 0.